The molecule has 3 fully saturated rings. The molecule has 47 heavy (non-hydrogen) atoms. The first-order valence-corrected chi connectivity index (χ1v) is 18.2. The summed E-state index contributed by atoms with van der Waals surface area (Å²) in [7, 11) is 0. The Bertz CT molecular complexity index is 1460. The Morgan fingerprint density at radius 1 is 1.11 bits per heavy atom. The van der Waals surface area contributed by atoms with Crippen molar-refractivity contribution in [2.24, 2.45) is 17.8 Å². The topological polar surface area (TPSA) is 90.4 Å². The Balaban J connectivity index is 1.58. The SMILES string of the molecule is C=CCN(Cc1ccccc1)C(=O)C1N([C@@H](CO)CC(C)C)C(=O)[C@@H]2[C@H](C(=O)N(CC=C)c3ccc(OCC)cc3)[C@H]3SC12CC3Br. The van der Waals surface area contributed by atoms with E-state index in [1.54, 1.807) is 38.6 Å². The smallest absolute Gasteiger partial charge is 0.247 e. The average Bonchev–Trinajstić information content (AvgIpc) is 3.66. The fourth-order valence-corrected chi connectivity index (χ4v) is 11.3. The second-order valence-corrected chi connectivity index (χ2v) is 15.7. The number of ether oxygens (including phenoxy) is 1. The monoisotopic (exact) mass is 723 g/mol. The number of hydrogen-bond donors (Lipinski definition) is 1. The molecule has 7 atom stereocenters. The average molecular weight is 725 g/mol. The van der Waals surface area contributed by atoms with Gasteiger partial charge in [0.2, 0.25) is 17.7 Å². The van der Waals surface area contributed by atoms with Gasteiger partial charge in [-0.1, -0.05) is 72.3 Å². The van der Waals surface area contributed by atoms with E-state index >= 15 is 0 Å². The summed E-state index contributed by atoms with van der Waals surface area (Å²) in [4.78, 5) is 49.5. The molecule has 5 rings (SSSR count). The molecule has 3 unspecified atom stereocenters. The number of alkyl halides is 1. The molecule has 2 bridgehead atoms. The van der Waals surface area contributed by atoms with E-state index in [0.29, 0.717) is 44.0 Å². The van der Waals surface area contributed by atoms with Crippen LogP contribution in [0.4, 0.5) is 5.69 Å². The van der Waals surface area contributed by atoms with E-state index in [1.165, 1.54) is 0 Å². The van der Waals surface area contributed by atoms with Crippen LogP contribution in [0.15, 0.2) is 79.9 Å². The lowest BCUT2D eigenvalue weighted by Crippen LogP contribution is -2.58. The maximum atomic E-state index is 14.9. The molecule has 8 nitrogen and oxygen atoms in total. The molecule has 0 aromatic heterocycles. The first-order chi connectivity index (χ1) is 22.6. The van der Waals surface area contributed by atoms with E-state index in [0.717, 1.165) is 5.56 Å². The van der Waals surface area contributed by atoms with Crippen molar-refractivity contribution in [3.8, 4) is 5.75 Å². The summed E-state index contributed by atoms with van der Waals surface area (Å²) in [6.07, 6.45) is 4.49. The molecule has 3 heterocycles. The summed E-state index contributed by atoms with van der Waals surface area (Å²) in [6, 6.07) is 15.7. The second kappa shape index (κ2) is 15.0. The summed E-state index contributed by atoms with van der Waals surface area (Å²) >= 11 is 5.50. The lowest BCUT2D eigenvalue weighted by Gasteiger charge is -2.40. The molecule has 3 saturated heterocycles. The van der Waals surface area contributed by atoms with Crippen LogP contribution in [-0.2, 0) is 20.9 Å². The number of hydrogen-bond acceptors (Lipinski definition) is 6. The van der Waals surface area contributed by atoms with Crippen molar-refractivity contribution in [3.05, 3.63) is 85.5 Å². The lowest BCUT2D eigenvalue weighted by molar-refractivity contribution is -0.146. The highest BCUT2D eigenvalue weighted by molar-refractivity contribution is 9.09. The number of fused-ring (bicyclic) bond motifs is 1. The van der Waals surface area contributed by atoms with Crippen molar-refractivity contribution in [2.45, 2.75) is 67.1 Å². The summed E-state index contributed by atoms with van der Waals surface area (Å²) in [5.41, 5.74) is 1.66. The first kappa shape index (κ1) is 35.2. The maximum absolute atomic E-state index is 14.9. The van der Waals surface area contributed by atoms with Crippen molar-refractivity contribution < 1.29 is 24.2 Å². The maximum Gasteiger partial charge on any atom is 0.247 e. The van der Waals surface area contributed by atoms with Gasteiger partial charge in [0.15, 0.2) is 0 Å². The molecule has 2 aromatic carbocycles. The highest BCUT2D eigenvalue weighted by Gasteiger charge is 2.76. The van der Waals surface area contributed by atoms with Crippen LogP contribution in [0.3, 0.4) is 0 Å². The predicted octanol–water partition coefficient (Wildman–Crippen LogP) is 5.69. The normalized spacial score (nSPS) is 26.6. The van der Waals surface area contributed by atoms with Gasteiger partial charge in [-0.3, -0.25) is 14.4 Å². The largest absolute Gasteiger partial charge is 0.494 e. The number of rotatable bonds is 15. The third kappa shape index (κ3) is 6.65. The van der Waals surface area contributed by atoms with Crippen LogP contribution >= 0.6 is 27.7 Å². The minimum absolute atomic E-state index is 0.0775. The molecular weight excluding hydrogens is 678 g/mol. The zero-order valence-electron chi connectivity index (χ0n) is 27.5. The van der Waals surface area contributed by atoms with Crippen LogP contribution < -0.4 is 9.64 Å². The second-order valence-electron chi connectivity index (χ2n) is 13.0. The molecule has 0 saturated carbocycles. The van der Waals surface area contributed by atoms with Gasteiger partial charge in [0.1, 0.15) is 11.8 Å². The van der Waals surface area contributed by atoms with Crippen LogP contribution in [0.2, 0.25) is 0 Å². The number of aliphatic hydroxyl groups excluding tert-OH is 1. The molecule has 252 valence electrons. The molecule has 10 heteroatoms. The fraction of sp³-hybridized carbons (Fsp3) is 0.486. The third-order valence-electron chi connectivity index (χ3n) is 9.51. The summed E-state index contributed by atoms with van der Waals surface area (Å²) < 4.78 is 4.78. The highest BCUT2D eigenvalue weighted by Crippen LogP contribution is 2.68. The van der Waals surface area contributed by atoms with Gasteiger partial charge in [-0.2, -0.15) is 0 Å². The number of halogens is 1. The Morgan fingerprint density at radius 2 is 1.79 bits per heavy atom. The molecule has 2 aromatic rings. The van der Waals surface area contributed by atoms with Gasteiger partial charge in [0.05, 0.1) is 35.8 Å². The Hall–Kier alpha value is -3.08. The number of nitrogens with zero attached hydrogens (tertiary/aromatic N) is 3. The number of thioether (sulfide) groups is 1. The Morgan fingerprint density at radius 3 is 2.38 bits per heavy atom. The zero-order valence-corrected chi connectivity index (χ0v) is 29.9. The number of anilines is 1. The van der Waals surface area contributed by atoms with E-state index in [9.17, 15) is 19.5 Å². The van der Waals surface area contributed by atoms with Gasteiger partial charge >= 0.3 is 0 Å². The van der Waals surface area contributed by atoms with Crippen molar-refractivity contribution in [3.63, 3.8) is 0 Å². The summed E-state index contributed by atoms with van der Waals surface area (Å²) in [5.74, 6) is -1.07. The van der Waals surface area contributed by atoms with Gasteiger partial charge in [0.25, 0.3) is 0 Å². The van der Waals surface area contributed by atoms with Crippen molar-refractivity contribution in [2.75, 3.05) is 31.2 Å². The third-order valence-corrected chi connectivity index (χ3v) is 12.7. The predicted molar refractivity (Wildman–Crippen MR) is 192 cm³/mol. The molecule has 3 aliphatic rings. The fourth-order valence-electron chi connectivity index (χ4n) is 7.73. The van der Waals surface area contributed by atoms with E-state index in [4.69, 9.17) is 4.74 Å². The zero-order chi connectivity index (χ0) is 33.9. The summed E-state index contributed by atoms with van der Waals surface area (Å²) in [5, 5.41) is 10.5. The number of carbonyl (C=O) groups is 3. The van der Waals surface area contributed by atoms with Crippen LogP contribution in [0.25, 0.3) is 0 Å². The minimum Gasteiger partial charge on any atom is -0.494 e. The molecule has 3 amide bonds. The van der Waals surface area contributed by atoms with Crippen molar-refractivity contribution >= 4 is 51.1 Å². The van der Waals surface area contributed by atoms with Gasteiger partial charge in [-0.25, -0.2) is 0 Å². The van der Waals surface area contributed by atoms with E-state index in [1.807, 2.05) is 75.4 Å². The van der Waals surface area contributed by atoms with Gasteiger partial charge in [-0.05, 0) is 55.5 Å². The van der Waals surface area contributed by atoms with Crippen LogP contribution in [0.1, 0.15) is 39.2 Å². The van der Waals surface area contributed by atoms with Crippen molar-refractivity contribution in [1.29, 1.82) is 0 Å². The molecule has 3 aliphatic heterocycles. The number of carbonyl (C=O) groups excluding carboxylic acids is 3. The molecular formula is C37H46BrN3O5S. The van der Waals surface area contributed by atoms with Gasteiger partial charge in [-0.15, -0.1) is 24.9 Å². The van der Waals surface area contributed by atoms with E-state index in [2.05, 4.69) is 29.1 Å². The van der Waals surface area contributed by atoms with Crippen LogP contribution in [0.5, 0.6) is 5.75 Å². The Kier molecular flexibility index (Phi) is 11.2. The molecule has 1 N–H and O–H groups in total. The van der Waals surface area contributed by atoms with Gasteiger partial charge < -0.3 is 24.5 Å². The Labute approximate surface area is 291 Å². The first-order valence-electron chi connectivity index (χ1n) is 16.4. The number of likely N-dealkylation sites (tertiary alicyclic amines) is 1. The standard InChI is InChI=1S/C37H46BrN3O5S/c1-6-18-39(22-25-12-10-9-11-13-25)36(45)33-37-21-29(38)32(47-37)30(31(37)35(44)41(33)27(23-42)20-24(4)5)34(43)40(19-7-2)26-14-16-28(17-15-26)46-8-3/h6-7,9-17,24,27,29-33,42H,1-2,8,18-23H2,3-5H3/t27-,29?,30+,31+,32+,33?,37?/m1/s1. The molecule has 0 radical (unpaired) electrons. The minimum atomic E-state index is -0.842. The summed E-state index contributed by atoms with van der Waals surface area (Å²) in [6.45, 7) is 15.0. The quantitative estimate of drug-likeness (QED) is 0.188. The van der Waals surface area contributed by atoms with Crippen molar-refractivity contribution in [1.82, 2.24) is 9.80 Å². The lowest BCUT2D eigenvalue weighted by atomic mass is 9.70. The number of benzene rings is 2. The molecule has 0 aliphatic carbocycles. The van der Waals surface area contributed by atoms with Gasteiger partial charge in [0, 0.05) is 35.4 Å². The van der Waals surface area contributed by atoms with E-state index < -0.39 is 28.7 Å². The molecule has 1 spiro atoms. The number of amides is 3. The highest BCUT2D eigenvalue weighted by atomic mass is 79.9. The van der Waals surface area contributed by atoms with E-state index in [-0.39, 0.29) is 46.9 Å². The number of aliphatic hydroxyl groups is 1. The van der Waals surface area contributed by atoms with Crippen LogP contribution in [0, 0.1) is 17.8 Å². The van der Waals surface area contributed by atoms with Crippen LogP contribution in [-0.4, -0.2) is 85.8 Å².